The summed E-state index contributed by atoms with van der Waals surface area (Å²) in [5.74, 6) is -1.22. The van der Waals surface area contributed by atoms with Gasteiger partial charge in [-0.15, -0.1) is 0 Å². The van der Waals surface area contributed by atoms with Crippen molar-refractivity contribution in [1.82, 2.24) is 15.2 Å². The quantitative estimate of drug-likeness (QED) is 0.840. The molecule has 0 spiro atoms. The Labute approximate surface area is 175 Å². The van der Waals surface area contributed by atoms with Crippen molar-refractivity contribution in [2.45, 2.75) is 31.8 Å². The standard InChI is InChI=1S/C23H26F2N4O/c1-16(28-12-10-26-11-13-28)22(30)29-23(2,17-6-4-3-5-7-17)15-21(27-29)19-14-18(24)8-9-20(19)25/h3-9,14,16,26H,10-13,15H2,1-2H3. The van der Waals surface area contributed by atoms with Crippen LogP contribution < -0.4 is 5.32 Å². The predicted molar refractivity (Wildman–Crippen MR) is 112 cm³/mol. The van der Waals surface area contributed by atoms with E-state index in [-0.39, 0.29) is 17.5 Å². The van der Waals surface area contributed by atoms with Crippen LogP contribution >= 0.6 is 0 Å². The lowest BCUT2D eigenvalue weighted by molar-refractivity contribution is -0.142. The minimum absolute atomic E-state index is 0.0993. The maximum Gasteiger partial charge on any atom is 0.260 e. The summed E-state index contributed by atoms with van der Waals surface area (Å²) in [5.41, 5.74) is 0.595. The van der Waals surface area contributed by atoms with Gasteiger partial charge in [-0.3, -0.25) is 9.69 Å². The zero-order valence-corrected chi connectivity index (χ0v) is 17.2. The van der Waals surface area contributed by atoms with Crippen LogP contribution in [0.3, 0.4) is 0 Å². The van der Waals surface area contributed by atoms with Crippen molar-refractivity contribution < 1.29 is 13.6 Å². The van der Waals surface area contributed by atoms with Crippen molar-refractivity contribution in [3.05, 3.63) is 71.3 Å². The Balaban J connectivity index is 1.73. The Morgan fingerprint density at radius 1 is 1.13 bits per heavy atom. The molecule has 0 aliphatic carbocycles. The molecular formula is C23H26F2N4O. The Kier molecular flexibility index (Phi) is 5.66. The van der Waals surface area contributed by atoms with Gasteiger partial charge in [-0.25, -0.2) is 13.8 Å². The minimum atomic E-state index is -0.783. The van der Waals surface area contributed by atoms with Gasteiger partial charge in [0.1, 0.15) is 11.6 Å². The highest BCUT2D eigenvalue weighted by Crippen LogP contribution is 2.40. The summed E-state index contributed by atoms with van der Waals surface area (Å²) < 4.78 is 28.3. The van der Waals surface area contributed by atoms with Gasteiger partial charge in [0.2, 0.25) is 0 Å². The van der Waals surface area contributed by atoms with E-state index in [0.717, 1.165) is 49.9 Å². The zero-order chi connectivity index (χ0) is 21.3. The summed E-state index contributed by atoms with van der Waals surface area (Å²) in [4.78, 5) is 15.7. The highest BCUT2D eigenvalue weighted by molar-refractivity contribution is 6.04. The number of amides is 1. The van der Waals surface area contributed by atoms with Crippen LogP contribution in [-0.4, -0.2) is 53.7 Å². The van der Waals surface area contributed by atoms with Crippen molar-refractivity contribution in [2.75, 3.05) is 26.2 Å². The monoisotopic (exact) mass is 412 g/mol. The fourth-order valence-corrected chi connectivity index (χ4v) is 4.25. The first-order valence-corrected chi connectivity index (χ1v) is 10.3. The van der Waals surface area contributed by atoms with Gasteiger partial charge in [-0.1, -0.05) is 30.3 Å². The first kappa shape index (κ1) is 20.6. The van der Waals surface area contributed by atoms with E-state index in [4.69, 9.17) is 0 Å². The van der Waals surface area contributed by atoms with Crippen LogP contribution in [0.15, 0.2) is 53.6 Å². The van der Waals surface area contributed by atoms with Crippen molar-refractivity contribution in [2.24, 2.45) is 5.10 Å². The van der Waals surface area contributed by atoms with Gasteiger partial charge < -0.3 is 5.32 Å². The zero-order valence-electron chi connectivity index (χ0n) is 17.2. The molecule has 1 fully saturated rings. The number of benzene rings is 2. The average molecular weight is 412 g/mol. The van der Waals surface area contributed by atoms with Gasteiger partial charge in [0.05, 0.1) is 17.3 Å². The highest BCUT2D eigenvalue weighted by atomic mass is 19.1. The smallest absolute Gasteiger partial charge is 0.260 e. The third-order valence-electron chi connectivity index (χ3n) is 6.10. The summed E-state index contributed by atoms with van der Waals surface area (Å²) >= 11 is 0. The van der Waals surface area contributed by atoms with E-state index in [1.165, 1.54) is 5.01 Å². The molecule has 5 nitrogen and oxygen atoms in total. The molecule has 30 heavy (non-hydrogen) atoms. The molecule has 2 aromatic carbocycles. The molecule has 2 aliphatic rings. The molecule has 2 unspecified atom stereocenters. The average Bonchev–Trinajstić information content (AvgIpc) is 3.14. The highest BCUT2D eigenvalue weighted by Gasteiger charge is 2.46. The summed E-state index contributed by atoms with van der Waals surface area (Å²) in [6.45, 7) is 7.02. The van der Waals surface area contributed by atoms with Crippen LogP contribution in [0.25, 0.3) is 0 Å². The number of nitrogens with one attached hydrogen (secondary N) is 1. The van der Waals surface area contributed by atoms with Crippen LogP contribution in [0.2, 0.25) is 0 Å². The third-order valence-corrected chi connectivity index (χ3v) is 6.10. The molecule has 0 radical (unpaired) electrons. The summed E-state index contributed by atoms with van der Waals surface area (Å²) in [6, 6.07) is 12.6. The van der Waals surface area contributed by atoms with Crippen molar-refractivity contribution in [3.8, 4) is 0 Å². The Morgan fingerprint density at radius 2 is 1.83 bits per heavy atom. The van der Waals surface area contributed by atoms with E-state index in [1.807, 2.05) is 44.2 Å². The molecule has 2 aliphatic heterocycles. The summed E-state index contributed by atoms with van der Waals surface area (Å²) in [5, 5.41) is 9.33. The van der Waals surface area contributed by atoms with Gasteiger partial charge in [-0.05, 0) is 37.6 Å². The largest absolute Gasteiger partial charge is 0.314 e. The van der Waals surface area contributed by atoms with Crippen molar-refractivity contribution >= 4 is 11.6 Å². The maximum absolute atomic E-state index is 14.5. The van der Waals surface area contributed by atoms with Crippen LogP contribution in [0.1, 0.15) is 31.4 Å². The maximum atomic E-state index is 14.5. The molecule has 0 saturated carbocycles. The first-order valence-electron chi connectivity index (χ1n) is 10.3. The van der Waals surface area contributed by atoms with Crippen molar-refractivity contribution in [3.63, 3.8) is 0 Å². The molecule has 0 aromatic heterocycles. The molecule has 2 atom stereocenters. The number of hydrogen-bond donors (Lipinski definition) is 1. The lowest BCUT2D eigenvalue weighted by Gasteiger charge is -2.38. The molecule has 1 N–H and O–H groups in total. The number of hydrazone groups is 1. The normalized spacial score (nSPS) is 23.3. The van der Waals surface area contributed by atoms with Crippen LogP contribution in [-0.2, 0) is 10.3 Å². The third kappa shape index (κ3) is 3.75. The SMILES string of the molecule is CC(C(=O)N1N=C(c2cc(F)ccc2F)CC1(C)c1ccccc1)N1CCNCC1. The van der Waals surface area contributed by atoms with Gasteiger partial charge >= 0.3 is 0 Å². The Morgan fingerprint density at radius 3 is 2.53 bits per heavy atom. The minimum Gasteiger partial charge on any atom is -0.314 e. The molecule has 4 rings (SSSR count). The second kappa shape index (κ2) is 8.24. The number of carbonyl (C=O) groups excluding carboxylic acids is 1. The summed E-state index contributed by atoms with van der Waals surface area (Å²) in [6.07, 6.45) is 0.303. The van der Waals surface area contributed by atoms with Crippen LogP contribution in [0.4, 0.5) is 8.78 Å². The van der Waals surface area contributed by atoms with Gasteiger partial charge in [0, 0.05) is 38.2 Å². The fraction of sp³-hybridized carbons (Fsp3) is 0.391. The fourth-order valence-electron chi connectivity index (χ4n) is 4.25. The lowest BCUT2D eigenvalue weighted by atomic mass is 9.85. The summed E-state index contributed by atoms with van der Waals surface area (Å²) in [7, 11) is 0. The predicted octanol–water partition coefficient (Wildman–Crippen LogP) is 3.11. The molecule has 2 aromatic rings. The number of nitrogens with zero attached hydrogens (tertiary/aromatic N) is 3. The second-order valence-corrected chi connectivity index (χ2v) is 8.10. The first-order chi connectivity index (χ1) is 14.4. The van der Waals surface area contributed by atoms with E-state index in [2.05, 4.69) is 15.3 Å². The second-order valence-electron chi connectivity index (χ2n) is 8.10. The molecule has 2 heterocycles. The number of halogens is 2. The number of hydrogen-bond acceptors (Lipinski definition) is 4. The molecule has 0 bridgehead atoms. The van der Waals surface area contributed by atoms with Crippen LogP contribution in [0.5, 0.6) is 0 Å². The van der Waals surface area contributed by atoms with Gasteiger partial charge in [0.25, 0.3) is 5.91 Å². The Bertz CT molecular complexity index is 959. The van der Waals surface area contributed by atoms with E-state index >= 15 is 0 Å². The lowest BCUT2D eigenvalue weighted by Crippen LogP contribution is -2.55. The van der Waals surface area contributed by atoms with E-state index in [0.29, 0.717) is 12.1 Å². The van der Waals surface area contributed by atoms with Crippen molar-refractivity contribution in [1.29, 1.82) is 0 Å². The van der Waals surface area contributed by atoms with E-state index in [1.54, 1.807) is 0 Å². The molecular weight excluding hydrogens is 386 g/mol. The topological polar surface area (TPSA) is 47.9 Å². The number of carbonyl (C=O) groups is 1. The van der Waals surface area contributed by atoms with E-state index < -0.39 is 17.2 Å². The van der Waals surface area contributed by atoms with E-state index in [9.17, 15) is 13.6 Å². The van der Waals surface area contributed by atoms with Gasteiger partial charge in [0.15, 0.2) is 0 Å². The molecule has 1 saturated heterocycles. The molecule has 1 amide bonds. The number of piperazine rings is 1. The number of rotatable bonds is 4. The Hall–Kier alpha value is -2.64. The van der Waals surface area contributed by atoms with Crippen LogP contribution in [0, 0.1) is 11.6 Å². The molecule has 7 heteroatoms. The van der Waals surface area contributed by atoms with Gasteiger partial charge in [-0.2, -0.15) is 5.10 Å². The molecule has 158 valence electrons.